The van der Waals surface area contributed by atoms with Gasteiger partial charge in [-0.25, -0.2) is 0 Å². The Labute approximate surface area is 108 Å². The molecule has 0 aromatic heterocycles. The maximum Gasteiger partial charge on any atom is 0.223 e. The molecule has 4 heteroatoms. The number of rotatable bonds is 6. The van der Waals surface area contributed by atoms with E-state index in [4.69, 9.17) is 9.84 Å². The summed E-state index contributed by atoms with van der Waals surface area (Å²) in [6.07, 6.45) is -0.228. The minimum Gasteiger partial charge on any atom is -0.493 e. The predicted octanol–water partition coefficient (Wildman–Crippen LogP) is 1.57. The first kappa shape index (κ1) is 14.5. The van der Waals surface area contributed by atoms with E-state index in [-0.39, 0.29) is 12.5 Å². The Morgan fingerprint density at radius 3 is 2.50 bits per heavy atom. The average Bonchev–Trinajstić information content (AvgIpc) is 2.25. The molecule has 1 atom stereocenters. The molecule has 0 aliphatic carbocycles. The number of carbonyl (C=O) groups is 1. The Morgan fingerprint density at radius 1 is 1.33 bits per heavy atom. The fourth-order valence-electron chi connectivity index (χ4n) is 1.63. The molecule has 1 amide bonds. The maximum absolute atomic E-state index is 11.4. The highest BCUT2D eigenvalue weighted by Gasteiger charge is 2.04. The molecule has 0 aliphatic heterocycles. The Hall–Kier alpha value is -1.55. The van der Waals surface area contributed by atoms with Gasteiger partial charge in [-0.3, -0.25) is 4.79 Å². The van der Waals surface area contributed by atoms with E-state index in [0.29, 0.717) is 13.0 Å². The molecule has 0 heterocycles. The van der Waals surface area contributed by atoms with Crippen LogP contribution in [0.4, 0.5) is 0 Å². The molecule has 0 unspecified atom stereocenters. The monoisotopic (exact) mass is 251 g/mol. The number of hydrogen-bond acceptors (Lipinski definition) is 3. The summed E-state index contributed by atoms with van der Waals surface area (Å²) in [5, 5.41) is 11.6. The van der Waals surface area contributed by atoms with Crippen molar-refractivity contribution in [3.8, 4) is 5.75 Å². The second-order valence-electron chi connectivity index (χ2n) is 4.57. The number of aryl methyl sites for hydroxylation is 2. The zero-order chi connectivity index (χ0) is 13.5. The Balaban J connectivity index is 2.30. The fraction of sp³-hybridized carbons (Fsp3) is 0.500. The van der Waals surface area contributed by atoms with Gasteiger partial charge in [0.15, 0.2) is 0 Å². The zero-order valence-electron chi connectivity index (χ0n) is 11.2. The maximum atomic E-state index is 11.4. The van der Waals surface area contributed by atoms with Gasteiger partial charge >= 0.3 is 0 Å². The van der Waals surface area contributed by atoms with Crippen molar-refractivity contribution in [1.82, 2.24) is 5.32 Å². The third-order valence-electron chi connectivity index (χ3n) is 2.39. The van der Waals surface area contributed by atoms with E-state index in [9.17, 15) is 4.79 Å². The van der Waals surface area contributed by atoms with Crippen molar-refractivity contribution >= 4 is 5.91 Å². The molecule has 0 fully saturated rings. The van der Waals surface area contributed by atoms with Crippen LogP contribution in [-0.4, -0.2) is 30.3 Å². The van der Waals surface area contributed by atoms with Crippen molar-refractivity contribution in [2.24, 2.45) is 0 Å². The molecule has 2 N–H and O–H groups in total. The van der Waals surface area contributed by atoms with Gasteiger partial charge < -0.3 is 15.2 Å². The van der Waals surface area contributed by atoms with E-state index in [0.717, 1.165) is 16.9 Å². The van der Waals surface area contributed by atoms with Crippen LogP contribution in [-0.2, 0) is 4.79 Å². The van der Waals surface area contributed by atoms with Gasteiger partial charge in [-0.05, 0) is 44.0 Å². The average molecular weight is 251 g/mol. The summed E-state index contributed by atoms with van der Waals surface area (Å²) >= 11 is 0. The molecule has 0 spiro atoms. The summed E-state index contributed by atoms with van der Waals surface area (Å²) in [4.78, 5) is 11.4. The van der Waals surface area contributed by atoms with Crippen LogP contribution < -0.4 is 10.1 Å². The lowest BCUT2D eigenvalue weighted by Crippen LogP contribution is -2.31. The minimum absolute atomic E-state index is 0.111. The normalized spacial score (nSPS) is 12.0. The first-order chi connectivity index (χ1) is 8.47. The van der Waals surface area contributed by atoms with E-state index in [1.54, 1.807) is 6.92 Å². The molecule has 18 heavy (non-hydrogen) atoms. The van der Waals surface area contributed by atoms with E-state index >= 15 is 0 Å². The molecule has 0 radical (unpaired) electrons. The van der Waals surface area contributed by atoms with Crippen molar-refractivity contribution < 1.29 is 14.6 Å². The number of hydrogen-bond donors (Lipinski definition) is 2. The van der Waals surface area contributed by atoms with Crippen molar-refractivity contribution in [3.05, 3.63) is 29.3 Å². The lowest BCUT2D eigenvalue weighted by atomic mass is 10.1. The van der Waals surface area contributed by atoms with Gasteiger partial charge in [0.1, 0.15) is 5.75 Å². The number of aliphatic hydroxyl groups excluding tert-OH is 1. The van der Waals surface area contributed by atoms with Gasteiger partial charge in [0, 0.05) is 6.54 Å². The van der Waals surface area contributed by atoms with E-state index in [2.05, 4.69) is 11.4 Å². The summed E-state index contributed by atoms with van der Waals surface area (Å²) in [5.41, 5.74) is 2.28. The number of aliphatic hydroxyl groups is 1. The first-order valence-electron chi connectivity index (χ1n) is 6.13. The largest absolute Gasteiger partial charge is 0.493 e. The highest BCUT2D eigenvalue weighted by Crippen LogP contribution is 2.16. The van der Waals surface area contributed by atoms with Gasteiger partial charge in [-0.2, -0.15) is 0 Å². The Kier molecular flexibility index (Phi) is 5.65. The van der Waals surface area contributed by atoms with Crippen LogP contribution in [0.25, 0.3) is 0 Å². The third kappa shape index (κ3) is 5.68. The third-order valence-corrected chi connectivity index (χ3v) is 2.39. The number of carbonyl (C=O) groups excluding carboxylic acids is 1. The van der Waals surface area contributed by atoms with Gasteiger partial charge in [0.25, 0.3) is 0 Å². The Morgan fingerprint density at radius 2 is 1.94 bits per heavy atom. The SMILES string of the molecule is Cc1cc(C)cc(OCCC(=O)NC[C@H](C)O)c1. The quantitative estimate of drug-likeness (QED) is 0.807. The summed E-state index contributed by atoms with van der Waals surface area (Å²) < 4.78 is 5.52. The Bertz CT molecular complexity index is 382. The lowest BCUT2D eigenvalue weighted by Gasteiger charge is -2.09. The van der Waals surface area contributed by atoms with Crippen LogP contribution in [0.2, 0.25) is 0 Å². The van der Waals surface area contributed by atoms with Crippen LogP contribution in [0.3, 0.4) is 0 Å². The second-order valence-corrected chi connectivity index (χ2v) is 4.57. The van der Waals surface area contributed by atoms with Crippen LogP contribution in [0.1, 0.15) is 24.5 Å². The van der Waals surface area contributed by atoms with E-state index in [1.807, 2.05) is 26.0 Å². The van der Waals surface area contributed by atoms with E-state index in [1.165, 1.54) is 0 Å². The first-order valence-corrected chi connectivity index (χ1v) is 6.13. The molecule has 100 valence electrons. The molecule has 0 aliphatic rings. The molecule has 0 bridgehead atoms. The van der Waals surface area contributed by atoms with Crippen LogP contribution >= 0.6 is 0 Å². The molecular weight excluding hydrogens is 230 g/mol. The predicted molar refractivity (Wildman–Crippen MR) is 70.7 cm³/mol. The summed E-state index contributed by atoms with van der Waals surface area (Å²) in [5.74, 6) is 0.677. The topological polar surface area (TPSA) is 58.6 Å². The number of ether oxygens (including phenoxy) is 1. The summed E-state index contributed by atoms with van der Waals surface area (Å²) in [7, 11) is 0. The highest BCUT2D eigenvalue weighted by atomic mass is 16.5. The van der Waals surface area contributed by atoms with Crippen LogP contribution in [0.15, 0.2) is 18.2 Å². The molecule has 1 rings (SSSR count). The smallest absolute Gasteiger partial charge is 0.223 e. The molecule has 1 aromatic carbocycles. The van der Waals surface area contributed by atoms with Gasteiger partial charge in [0.05, 0.1) is 19.1 Å². The molecule has 0 saturated carbocycles. The van der Waals surface area contributed by atoms with E-state index < -0.39 is 6.10 Å². The van der Waals surface area contributed by atoms with Crippen molar-refractivity contribution in [2.75, 3.05) is 13.2 Å². The lowest BCUT2D eigenvalue weighted by molar-refractivity contribution is -0.122. The molecular formula is C14H21NO3. The summed E-state index contributed by atoms with van der Waals surface area (Å²) in [6.45, 7) is 6.27. The van der Waals surface area contributed by atoms with Crippen LogP contribution in [0, 0.1) is 13.8 Å². The van der Waals surface area contributed by atoms with Gasteiger partial charge in [-0.1, -0.05) is 6.07 Å². The standard InChI is InChI=1S/C14H21NO3/c1-10-6-11(2)8-13(7-10)18-5-4-14(17)15-9-12(3)16/h6-8,12,16H,4-5,9H2,1-3H3,(H,15,17)/t12-/m0/s1. The van der Waals surface area contributed by atoms with Crippen molar-refractivity contribution in [3.63, 3.8) is 0 Å². The molecule has 0 saturated heterocycles. The number of amides is 1. The second kappa shape index (κ2) is 7.01. The van der Waals surface area contributed by atoms with Crippen LogP contribution in [0.5, 0.6) is 5.75 Å². The van der Waals surface area contributed by atoms with Gasteiger partial charge in [0.2, 0.25) is 5.91 Å². The zero-order valence-corrected chi connectivity index (χ0v) is 11.2. The van der Waals surface area contributed by atoms with Gasteiger partial charge in [-0.15, -0.1) is 0 Å². The number of benzene rings is 1. The minimum atomic E-state index is -0.519. The molecule has 1 aromatic rings. The number of nitrogens with one attached hydrogen (secondary N) is 1. The fourth-order valence-corrected chi connectivity index (χ4v) is 1.63. The summed E-state index contributed by atoms with van der Waals surface area (Å²) in [6, 6.07) is 5.96. The highest BCUT2D eigenvalue weighted by molar-refractivity contribution is 5.75. The molecule has 4 nitrogen and oxygen atoms in total. The van der Waals surface area contributed by atoms with Crippen molar-refractivity contribution in [2.45, 2.75) is 33.3 Å². The van der Waals surface area contributed by atoms with Crippen molar-refractivity contribution in [1.29, 1.82) is 0 Å².